The lowest BCUT2D eigenvalue weighted by Gasteiger charge is -2.35. The first-order valence-electron chi connectivity index (χ1n) is 7.39. The SMILES string of the molecule is COc1ncccc1C(=O)N1CCC(N2C(=O)CSC2=O)CC1. The molecule has 2 aliphatic rings. The van der Waals surface area contributed by atoms with E-state index in [1.165, 1.54) is 12.0 Å². The molecular formula is C15H17N3O4S. The van der Waals surface area contributed by atoms with Gasteiger partial charge in [-0.15, -0.1) is 0 Å². The van der Waals surface area contributed by atoms with E-state index < -0.39 is 0 Å². The number of imide groups is 1. The standard InChI is InChI=1S/C15H17N3O4S/c1-22-13-11(3-2-6-16-13)14(20)17-7-4-10(5-8-17)18-12(19)9-23-15(18)21/h2-3,6,10H,4-5,7-9H2,1H3. The molecule has 0 atom stereocenters. The van der Waals surface area contributed by atoms with Gasteiger partial charge < -0.3 is 9.64 Å². The van der Waals surface area contributed by atoms with Crippen molar-refractivity contribution in [1.29, 1.82) is 0 Å². The lowest BCUT2D eigenvalue weighted by Crippen LogP contribution is -2.48. The van der Waals surface area contributed by atoms with Crippen molar-refractivity contribution in [1.82, 2.24) is 14.8 Å². The van der Waals surface area contributed by atoms with E-state index in [0.717, 1.165) is 11.8 Å². The highest BCUT2D eigenvalue weighted by atomic mass is 32.2. The third-order valence-corrected chi connectivity index (χ3v) is 4.93. The first-order chi connectivity index (χ1) is 11.1. The van der Waals surface area contributed by atoms with Gasteiger partial charge in [0.1, 0.15) is 5.56 Å². The van der Waals surface area contributed by atoms with Crippen molar-refractivity contribution in [3.05, 3.63) is 23.9 Å². The van der Waals surface area contributed by atoms with Crippen LogP contribution in [0.2, 0.25) is 0 Å². The maximum atomic E-state index is 12.6. The Labute approximate surface area is 138 Å². The van der Waals surface area contributed by atoms with Crippen LogP contribution in [0.1, 0.15) is 23.2 Å². The molecule has 3 amide bonds. The van der Waals surface area contributed by atoms with Gasteiger partial charge in [-0.3, -0.25) is 19.3 Å². The summed E-state index contributed by atoms with van der Waals surface area (Å²) in [6, 6.07) is 3.27. The highest BCUT2D eigenvalue weighted by molar-refractivity contribution is 8.14. The van der Waals surface area contributed by atoms with Gasteiger partial charge in [0.15, 0.2) is 0 Å². The van der Waals surface area contributed by atoms with Gasteiger partial charge in [-0.05, 0) is 25.0 Å². The normalized spacial score (nSPS) is 19.3. The quantitative estimate of drug-likeness (QED) is 0.830. The second-order valence-electron chi connectivity index (χ2n) is 5.40. The van der Waals surface area contributed by atoms with Crippen molar-refractivity contribution in [3.8, 4) is 5.88 Å². The molecule has 23 heavy (non-hydrogen) atoms. The third kappa shape index (κ3) is 3.03. The second kappa shape index (κ2) is 6.57. The number of thioether (sulfide) groups is 1. The first kappa shape index (κ1) is 15.8. The zero-order chi connectivity index (χ0) is 16.4. The fourth-order valence-electron chi connectivity index (χ4n) is 2.93. The molecule has 0 N–H and O–H groups in total. The van der Waals surface area contributed by atoms with Gasteiger partial charge in [-0.25, -0.2) is 4.98 Å². The summed E-state index contributed by atoms with van der Waals surface area (Å²) in [5, 5.41) is -0.172. The number of hydrogen-bond donors (Lipinski definition) is 0. The monoisotopic (exact) mass is 335 g/mol. The topological polar surface area (TPSA) is 79.8 Å². The van der Waals surface area contributed by atoms with Gasteiger partial charge in [0, 0.05) is 25.3 Å². The summed E-state index contributed by atoms with van der Waals surface area (Å²) >= 11 is 1.05. The average molecular weight is 335 g/mol. The van der Waals surface area contributed by atoms with Gasteiger partial charge in [0.05, 0.1) is 12.9 Å². The summed E-state index contributed by atoms with van der Waals surface area (Å²) in [7, 11) is 1.48. The van der Waals surface area contributed by atoms with Crippen LogP contribution in [-0.4, -0.2) is 63.8 Å². The predicted molar refractivity (Wildman–Crippen MR) is 84.4 cm³/mol. The maximum absolute atomic E-state index is 12.6. The molecule has 2 fully saturated rings. The van der Waals surface area contributed by atoms with Gasteiger partial charge in [0.25, 0.3) is 11.1 Å². The number of rotatable bonds is 3. The van der Waals surface area contributed by atoms with Crippen molar-refractivity contribution in [3.63, 3.8) is 0 Å². The molecule has 2 aliphatic heterocycles. The number of nitrogens with zero attached hydrogens (tertiary/aromatic N) is 3. The number of methoxy groups -OCH3 is 1. The molecule has 3 heterocycles. The van der Waals surface area contributed by atoms with Crippen LogP contribution in [0.4, 0.5) is 4.79 Å². The smallest absolute Gasteiger partial charge is 0.289 e. The molecule has 1 aromatic heterocycles. The molecule has 0 saturated carbocycles. The maximum Gasteiger partial charge on any atom is 0.289 e. The Morgan fingerprint density at radius 2 is 2.09 bits per heavy atom. The minimum Gasteiger partial charge on any atom is -0.480 e. The first-order valence-corrected chi connectivity index (χ1v) is 8.37. The van der Waals surface area contributed by atoms with Crippen LogP contribution in [0.25, 0.3) is 0 Å². The Hall–Kier alpha value is -2.09. The number of likely N-dealkylation sites (tertiary alicyclic amines) is 1. The van der Waals surface area contributed by atoms with E-state index in [0.29, 0.717) is 37.4 Å². The fourth-order valence-corrected chi connectivity index (χ4v) is 3.71. The van der Waals surface area contributed by atoms with Crippen molar-refractivity contribution in [2.24, 2.45) is 0 Å². The minimum absolute atomic E-state index is 0.107. The van der Waals surface area contributed by atoms with Crippen molar-refractivity contribution in [2.45, 2.75) is 18.9 Å². The summed E-state index contributed by atoms with van der Waals surface area (Å²) in [5.74, 6) is 0.270. The molecule has 7 nitrogen and oxygen atoms in total. The molecule has 0 bridgehead atoms. The molecule has 8 heteroatoms. The molecule has 0 radical (unpaired) electrons. The molecule has 2 saturated heterocycles. The number of aromatic nitrogens is 1. The summed E-state index contributed by atoms with van der Waals surface area (Å²) in [6.45, 7) is 1.01. The number of pyridine rings is 1. The summed E-state index contributed by atoms with van der Waals surface area (Å²) in [4.78, 5) is 43.3. The Morgan fingerprint density at radius 3 is 2.70 bits per heavy atom. The van der Waals surface area contributed by atoms with Crippen LogP contribution in [0.5, 0.6) is 5.88 Å². The van der Waals surface area contributed by atoms with E-state index >= 15 is 0 Å². The molecular weight excluding hydrogens is 318 g/mol. The number of amides is 3. The number of carbonyl (C=O) groups is 3. The minimum atomic E-state index is -0.172. The van der Waals surface area contributed by atoms with E-state index in [4.69, 9.17) is 4.74 Å². The Bertz CT molecular complexity index is 627. The molecule has 0 spiro atoms. The molecule has 0 aromatic carbocycles. The lowest BCUT2D eigenvalue weighted by atomic mass is 10.0. The zero-order valence-electron chi connectivity index (χ0n) is 12.7. The van der Waals surface area contributed by atoms with E-state index in [-0.39, 0.29) is 28.8 Å². The number of hydrogen-bond acceptors (Lipinski definition) is 6. The second-order valence-corrected chi connectivity index (χ2v) is 6.33. The largest absolute Gasteiger partial charge is 0.480 e. The molecule has 3 rings (SSSR count). The summed E-state index contributed by atoms with van der Waals surface area (Å²) in [5.41, 5.74) is 0.428. The van der Waals surface area contributed by atoms with E-state index in [2.05, 4.69) is 4.98 Å². The van der Waals surface area contributed by atoms with Crippen LogP contribution in [0, 0.1) is 0 Å². The van der Waals surface area contributed by atoms with Crippen LogP contribution in [-0.2, 0) is 4.79 Å². The number of ether oxygens (including phenoxy) is 1. The average Bonchev–Trinajstić information content (AvgIpc) is 2.93. The lowest BCUT2D eigenvalue weighted by molar-refractivity contribution is -0.126. The van der Waals surface area contributed by atoms with E-state index in [1.54, 1.807) is 23.2 Å². The highest BCUT2D eigenvalue weighted by Crippen LogP contribution is 2.27. The summed E-state index contributed by atoms with van der Waals surface area (Å²) in [6.07, 6.45) is 2.78. The Balaban J connectivity index is 1.66. The van der Waals surface area contributed by atoms with Crippen LogP contribution < -0.4 is 4.74 Å². The van der Waals surface area contributed by atoms with Gasteiger partial charge in [0.2, 0.25) is 11.8 Å². The van der Waals surface area contributed by atoms with Crippen LogP contribution in [0.3, 0.4) is 0 Å². The van der Waals surface area contributed by atoms with Gasteiger partial charge in [-0.2, -0.15) is 0 Å². The molecule has 122 valence electrons. The van der Waals surface area contributed by atoms with Crippen LogP contribution >= 0.6 is 11.8 Å². The van der Waals surface area contributed by atoms with Gasteiger partial charge in [-0.1, -0.05) is 11.8 Å². The Kier molecular flexibility index (Phi) is 4.51. The number of piperidine rings is 1. The highest BCUT2D eigenvalue weighted by Gasteiger charge is 2.38. The van der Waals surface area contributed by atoms with Crippen molar-refractivity contribution >= 4 is 28.8 Å². The molecule has 0 aliphatic carbocycles. The zero-order valence-corrected chi connectivity index (χ0v) is 13.5. The van der Waals surface area contributed by atoms with E-state index in [1.807, 2.05) is 0 Å². The van der Waals surface area contributed by atoms with Crippen molar-refractivity contribution < 1.29 is 19.1 Å². The summed E-state index contributed by atoms with van der Waals surface area (Å²) < 4.78 is 5.13. The van der Waals surface area contributed by atoms with Crippen molar-refractivity contribution in [2.75, 3.05) is 26.0 Å². The molecule has 0 unspecified atom stereocenters. The Morgan fingerprint density at radius 1 is 1.35 bits per heavy atom. The van der Waals surface area contributed by atoms with Crippen LogP contribution in [0.15, 0.2) is 18.3 Å². The number of carbonyl (C=O) groups excluding carboxylic acids is 3. The van der Waals surface area contributed by atoms with E-state index in [9.17, 15) is 14.4 Å². The van der Waals surface area contributed by atoms with Gasteiger partial charge >= 0.3 is 0 Å². The molecule has 1 aromatic rings. The third-order valence-electron chi connectivity index (χ3n) is 4.10. The predicted octanol–water partition coefficient (Wildman–Crippen LogP) is 1.39. The fraction of sp³-hybridized carbons (Fsp3) is 0.467.